The second kappa shape index (κ2) is 3.10. The molecule has 0 aliphatic heterocycles. The Hall–Kier alpha value is -1.91. The molecule has 0 aromatic carbocycles. The van der Waals surface area contributed by atoms with Crippen LogP contribution in [0.4, 0.5) is 0 Å². The van der Waals surface area contributed by atoms with E-state index in [0.29, 0.717) is 11.5 Å². The third kappa shape index (κ3) is 1.44. The molecule has 0 aliphatic rings. The molecule has 0 fully saturated rings. The second-order valence-corrected chi connectivity index (χ2v) is 3.07. The summed E-state index contributed by atoms with van der Waals surface area (Å²) in [6, 6.07) is 0. The van der Waals surface area contributed by atoms with Gasteiger partial charge in [-0.25, -0.2) is 9.97 Å². The van der Waals surface area contributed by atoms with Crippen molar-refractivity contribution in [2.45, 2.75) is 6.92 Å². The fraction of sp³-hybridized carbons (Fsp3) is 0.222. The monoisotopic (exact) mass is 190 g/mol. The predicted molar refractivity (Wildman–Crippen MR) is 50.6 cm³/mol. The Morgan fingerprint density at radius 2 is 2.14 bits per heavy atom. The zero-order chi connectivity index (χ0) is 10.1. The van der Waals surface area contributed by atoms with E-state index in [0.717, 1.165) is 5.56 Å². The zero-order valence-electron chi connectivity index (χ0n) is 7.97. The van der Waals surface area contributed by atoms with Crippen molar-refractivity contribution in [3.63, 3.8) is 0 Å². The number of hydrogen-bond donors (Lipinski definition) is 1. The Morgan fingerprint density at radius 1 is 1.36 bits per heavy atom. The van der Waals surface area contributed by atoms with Gasteiger partial charge in [0.1, 0.15) is 0 Å². The average molecular weight is 190 g/mol. The average Bonchev–Trinajstić information content (AvgIpc) is 2.57. The van der Waals surface area contributed by atoms with Crippen LogP contribution in [0.3, 0.4) is 0 Å². The highest BCUT2D eigenvalue weighted by atomic mass is 16.3. The third-order valence-electron chi connectivity index (χ3n) is 1.92. The van der Waals surface area contributed by atoms with Gasteiger partial charge in [-0.15, -0.1) is 0 Å². The summed E-state index contributed by atoms with van der Waals surface area (Å²) in [5.74, 6) is 0.686. The van der Waals surface area contributed by atoms with Crippen LogP contribution in [0.5, 0.6) is 5.75 Å². The molecule has 5 nitrogen and oxygen atoms in total. The highest BCUT2D eigenvalue weighted by Crippen LogP contribution is 2.17. The number of aromatic nitrogens is 4. The number of rotatable bonds is 1. The van der Waals surface area contributed by atoms with Gasteiger partial charge in [0.25, 0.3) is 0 Å². The summed E-state index contributed by atoms with van der Waals surface area (Å²) in [6.45, 7) is 1.73. The van der Waals surface area contributed by atoms with E-state index in [1.807, 2.05) is 13.2 Å². The lowest BCUT2D eigenvalue weighted by atomic mass is 10.3. The maximum absolute atomic E-state index is 9.25. The van der Waals surface area contributed by atoms with Crippen LogP contribution in [-0.4, -0.2) is 24.9 Å². The smallest absolute Gasteiger partial charge is 0.162 e. The fourth-order valence-electron chi connectivity index (χ4n) is 1.14. The number of aryl methyl sites for hydroxylation is 2. The van der Waals surface area contributed by atoms with Crippen LogP contribution in [0.1, 0.15) is 5.69 Å². The fourth-order valence-corrected chi connectivity index (χ4v) is 1.14. The Bertz CT molecular complexity index is 464. The molecule has 2 aromatic heterocycles. The molecule has 5 heteroatoms. The predicted octanol–water partition coefficient (Wildman–Crippen LogP) is 0.891. The SMILES string of the molecule is Cc1nc(-c2cnn(C)c2)ncc1O. The molecule has 14 heavy (non-hydrogen) atoms. The van der Waals surface area contributed by atoms with Gasteiger partial charge in [0, 0.05) is 13.2 Å². The number of hydrogen-bond acceptors (Lipinski definition) is 4. The topological polar surface area (TPSA) is 63.8 Å². The lowest BCUT2D eigenvalue weighted by Crippen LogP contribution is -1.90. The van der Waals surface area contributed by atoms with Crippen molar-refractivity contribution in [3.05, 3.63) is 24.3 Å². The summed E-state index contributed by atoms with van der Waals surface area (Å²) in [5.41, 5.74) is 1.41. The molecular weight excluding hydrogens is 180 g/mol. The van der Waals surface area contributed by atoms with Crippen LogP contribution < -0.4 is 0 Å². The van der Waals surface area contributed by atoms with Crippen molar-refractivity contribution >= 4 is 0 Å². The summed E-state index contributed by atoms with van der Waals surface area (Å²) in [6.07, 6.45) is 4.91. The zero-order valence-corrected chi connectivity index (χ0v) is 7.97. The Balaban J connectivity index is 2.47. The highest BCUT2D eigenvalue weighted by Gasteiger charge is 2.05. The summed E-state index contributed by atoms with van der Waals surface area (Å²) in [5, 5.41) is 13.3. The minimum atomic E-state index is 0.109. The van der Waals surface area contributed by atoms with Crippen molar-refractivity contribution in [1.82, 2.24) is 19.7 Å². The van der Waals surface area contributed by atoms with Gasteiger partial charge >= 0.3 is 0 Å². The van der Waals surface area contributed by atoms with Crippen LogP contribution in [0, 0.1) is 6.92 Å². The van der Waals surface area contributed by atoms with Crippen LogP contribution in [0.15, 0.2) is 18.6 Å². The van der Waals surface area contributed by atoms with Crippen molar-refractivity contribution in [2.24, 2.45) is 7.05 Å². The van der Waals surface area contributed by atoms with E-state index >= 15 is 0 Å². The second-order valence-electron chi connectivity index (χ2n) is 3.07. The normalized spacial score (nSPS) is 10.4. The van der Waals surface area contributed by atoms with E-state index in [1.165, 1.54) is 6.20 Å². The van der Waals surface area contributed by atoms with E-state index in [-0.39, 0.29) is 5.75 Å². The molecular formula is C9H10N4O. The van der Waals surface area contributed by atoms with E-state index < -0.39 is 0 Å². The molecule has 72 valence electrons. The summed E-state index contributed by atoms with van der Waals surface area (Å²) >= 11 is 0. The molecule has 0 radical (unpaired) electrons. The van der Waals surface area contributed by atoms with Gasteiger partial charge < -0.3 is 5.11 Å². The summed E-state index contributed by atoms with van der Waals surface area (Å²) in [7, 11) is 1.83. The number of nitrogens with zero attached hydrogens (tertiary/aromatic N) is 4. The molecule has 0 saturated carbocycles. The van der Waals surface area contributed by atoms with Gasteiger partial charge in [0.15, 0.2) is 11.6 Å². The van der Waals surface area contributed by atoms with Crippen LogP contribution in [0.25, 0.3) is 11.4 Å². The standard InChI is InChI=1S/C9H10N4O/c1-6-8(14)4-10-9(12-6)7-3-11-13(2)5-7/h3-5,14H,1-2H3. The van der Waals surface area contributed by atoms with Crippen LogP contribution >= 0.6 is 0 Å². The summed E-state index contributed by atoms with van der Waals surface area (Å²) in [4.78, 5) is 8.15. The van der Waals surface area contributed by atoms with Crippen molar-refractivity contribution in [1.29, 1.82) is 0 Å². The van der Waals surface area contributed by atoms with Gasteiger partial charge in [0.05, 0.1) is 23.7 Å². The molecule has 2 rings (SSSR count). The molecule has 0 unspecified atom stereocenters. The van der Waals surface area contributed by atoms with E-state index in [4.69, 9.17) is 0 Å². The highest BCUT2D eigenvalue weighted by molar-refractivity contribution is 5.52. The first-order chi connectivity index (χ1) is 6.66. The third-order valence-corrected chi connectivity index (χ3v) is 1.92. The number of aromatic hydroxyl groups is 1. The first-order valence-electron chi connectivity index (χ1n) is 4.18. The molecule has 0 amide bonds. The van der Waals surface area contributed by atoms with Crippen molar-refractivity contribution < 1.29 is 5.11 Å². The summed E-state index contributed by atoms with van der Waals surface area (Å²) < 4.78 is 1.68. The van der Waals surface area contributed by atoms with Crippen LogP contribution in [-0.2, 0) is 7.05 Å². The van der Waals surface area contributed by atoms with E-state index in [2.05, 4.69) is 15.1 Å². The largest absolute Gasteiger partial charge is 0.504 e. The Morgan fingerprint density at radius 3 is 2.71 bits per heavy atom. The van der Waals surface area contributed by atoms with Crippen molar-refractivity contribution in [3.8, 4) is 17.1 Å². The van der Waals surface area contributed by atoms with E-state index in [9.17, 15) is 5.11 Å². The van der Waals surface area contributed by atoms with Crippen molar-refractivity contribution in [2.75, 3.05) is 0 Å². The molecule has 0 saturated heterocycles. The first kappa shape index (κ1) is 8.68. The maximum Gasteiger partial charge on any atom is 0.162 e. The molecule has 0 spiro atoms. The van der Waals surface area contributed by atoms with Gasteiger partial charge in [-0.2, -0.15) is 5.10 Å². The van der Waals surface area contributed by atoms with Gasteiger partial charge in [-0.05, 0) is 6.92 Å². The maximum atomic E-state index is 9.25. The lowest BCUT2D eigenvalue weighted by molar-refractivity contribution is 0.464. The van der Waals surface area contributed by atoms with Gasteiger partial charge in [0.2, 0.25) is 0 Å². The molecule has 2 aromatic rings. The van der Waals surface area contributed by atoms with Crippen LogP contribution in [0.2, 0.25) is 0 Å². The molecule has 0 bridgehead atoms. The van der Waals surface area contributed by atoms with E-state index in [1.54, 1.807) is 17.8 Å². The van der Waals surface area contributed by atoms with Gasteiger partial charge in [-0.1, -0.05) is 0 Å². The quantitative estimate of drug-likeness (QED) is 0.725. The molecule has 2 heterocycles. The first-order valence-corrected chi connectivity index (χ1v) is 4.18. The Kier molecular flexibility index (Phi) is 1.92. The molecule has 0 aliphatic carbocycles. The minimum Gasteiger partial charge on any atom is -0.504 e. The Labute approximate surface area is 81.1 Å². The molecule has 0 atom stereocenters. The minimum absolute atomic E-state index is 0.109. The molecule has 1 N–H and O–H groups in total. The lowest BCUT2D eigenvalue weighted by Gasteiger charge is -1.99. The van der Waals surface area contributed by atoms with Gasteiger partial charge in [-0.3, -0.25) is 4.68 Å².